The number of methoxy groups -OCH3 is 1. The summed E-state index contributed by atoms with van der Waals surface area (Å²) in [6.07, 6.45) is 2.69. The maximum atomic E-state index is 12.6. The lowest BCUT2D eigenvalue weighted by atomic mass is 10.0. The monoisotopic (exact) mass is 353 g/mol. The Morgan fingerprint density at radius 3 is 2.42 bits per heavy atom. The summed E-state index contributed by atoms with van der Waals surface area (Å²) in [7, 11) is 1.59. The van der Waals surface area contributed by atoms with Crippen molar-refractivity contribution in [2.45, 2.75) is 26.2 Å². The SMILES string of the molecule is COc1ccc(C(=O)Cc2ccc(NC(C)=O)cc2)cc1OCC1CC1. The van der Waals surface area contributed by atoms with E-state index in [-0.39, 0.29) is 18.1 Å². The molecule has 0 spiro atoms. The van der Waals surface area contributed by atoms with E-state index in [2.05, 4.69) is 5.32 Å². The van der Waals surface area contributed by atoms with Crippen LogP contribution in [0.2, 0.25) is 0 Å². The van der Waals surface area contributed by atoms with Crippen LogP contribution in [0.5, 0.6) is 11.5 Å². The number of hydrogen-bond acceptors (Lipinski definition) is 4. The summed E-state index contributed by atoms with van der Waals surface area (Å²) in [6.45, 7) is 2.13. The summed E-state index contributed by atoms with van der Waals surface area (Å²) in [6, 6.07) is 12.6. The molecule has 1 aliphatic carbocycles. The molecule has 5 nitrogen and oxygen atoms in total. The van der Waals surface area contributed by atoms with Gasteiger partial charge >= 0.3 is 0 Å². The molecule has 0 heterocycles. The van der Waals surface area contributed by atoms with E-state index >= 15 is 0 Å². The first-order valence-electron chi connectivity index (χ1n) is 8.75. The molecule has 0 saturated heterocycles. The van der Waals surface area contributed by atoms with Gasteiger partial charge in [-0.15, -0.1) is 0 Å². The third-order valence-electron chi connectivity index (χ3n) is 4.30. The Morgan fingerprint density at radius 1 is 1.08 bits per heavy atom. The van der Waals surface area contributed by atoms with E-state index in [0.717, 1.165) is 5.56 Å². The minimum absolute atomic E-state index is 0.0104. The molecule has 1 saturated carbocycles. The Balaban J connectivity index is 1.68. The molecule has 5 heteroatoms. The molecule has 0 atom stereocenters. The van der Waals surface area contributed by atoms with Crippen LogP contribution >= 0.6 is 0 Å². The minimum atomic E-state index is -0.120. The summed E-state index contributed by atoms with van der Waals surface area (Å²) in [5.74, 6) is 1.77. The summed E-state index contributed by atoms with van der Waals surface area (Å²) in [5, 5.41) is 2.71. The van der Waals surface area contributed by atoms with Crippen LogP contribution in [0.25, 0.3) is 0 Å². The van der Waals surface area contributed by atoms with Crippen LogP contribution < -0.4 is 14.8 Å². The van der Waals surface area contributed by atoms with Crippen LogP contribution in [-0.4, -0.2) is 25.4 Å². The molecule has 26 heavy (non-hydrogen) atoms. The van der Waals surface area contributed by atoms with E-state index in [0.29, 0.717) is 35.3 Å². The van der Waals surface area contributed by atoms with Crippen molar-refractivity contribution in [3.8, 4) is 11.5 Å². The van der Waals surface area contributed by atoms with E-state index in [1.54, 1.807) is 37.4 Å². The molecule has 2 aromatic carbocycles. The van der Waals surface area contributed by atoms with Gasteiger partial charge in [0.1, 0.15) is 0 Å². The van der Waals surface area contributed by atoms with Crippen LogP contribution in [0, 0.1) is 5.92 Å². The van der Waals surface area contributed by atoms with Gasteiger partial charge in [-0.25, -0.2) is 0 Å². The Kier molecular flexibility index (Phi) is 5.56. The number of anilines is 1. The number of ether oxygens (including phenoxy) is 2. The molecule has 0 radical (unpaired) electrons. The molecule has 1 amide bonds. The molecule has 136 valence electrons. The van der Waals surface area contributed by atoms with Crippen molar-refractivity contribution < 1.29 is 19.1 Å². The number of hydrogen-bond donors (Lipinski definition) is 1. The average Bonchev–Trinajstić information content (AvgIpc) is 3.45. The number of ketones is 1. The van der Waals surface area contributed by atoms with Gasteiger partial charge in [-0.2, -0.15) is 0 Å². The van der Waals surface area contributed by atoms with Gasteiger partial charge < -0.3 is 14.8 Å². The third kappa shape index (κ3) is 4.85. The fraction of sp³-hybridized carbons (Fsp3) is 0.333. The van der Waals surface area contributed by atoms with Crippen molar-refractivity contribution in [1.29, 1.82) is 0 Å². The largest absolute Gasteiger partial charge is 0.493 e. The van der Waals surface area contributed by atoms with Gasteiger partial charge in [-0.3, -0.25) is 9.59 Å². The molecule has 3 rings (SSSR count). The maximum absolute atomic E-state index is 12.6. The van der Waals surface area contributed by atoms with Gasteiger partial charge in [-0.1, -0.05) is 12.1 Å². The van der Waals surface area contributed by atoms with E-state index in [9.17, 15) is 9.59 Å². The zero-order valence-corrected chi connectivity index (χ0v) is 15.1. The number of carbonyl (C=O) groups is 2. The van der Waals surface area contributed by atoms with Crippen molar-refractivity contribution in [2.24, 2.45) is 5.92 Å². The molecule has 0 unspecified atom stereocenters. The fourth-order valence-corrected chi connectivity index (χ4v) is 2.65. The smallest absolute Gasteiger partial charge is 0.221 e. The lowest BCUT2D eigenvalue weighted by molar-refractivity contribution is -0.114. The predicted molar refractivity (Wildman–Crippen MR) is 100.0 cm³/mol. The average molecular weight is 353 g/mol. The molecule has 2 aromatic rings. The zero-order chi connectivity index (χ0) is 18.5. The number of nitrogens with one attached hydrogen (secondary N) is 1. The summed E-state index contributed by atoms with van der Waals surface area (Å²) in [4.78, 5) is 23.7. The molecule has 1 fully saturated rings. The van der Waals surface area contributed by atoms with Gasteiger partial charge in [0.15, 0.2) is 17.3 Å². The Labute approximate surface area is 153 Å². The topological polar surface area (TPSA) is 64.6 Å². The predicted octanol–water partition coefficient (Wildman–Crippen LogP) is 3.87. The Morgan fingerprint density at radius 2 is 1.81 bits per heavy atom. The summed E-state index contributed by atoms with van der Waals surface area (Å²) in [5.41, 5.74) is 2.21. The standard InChI is InChI=1S/C21H23NO4/c1-14(23)22-18-8-5-15(6-9-18)11-19(24)17-7-10-20(25-2)21(12-17)26-13-16-3-4-16/h5-10,12,16H,3-4,11,13H2,1-2H3,(H,22,23). The van der Waals surface area contributed by atoms with E-state index in [4.69, 9.17) is 9.47 Å². The van der Waals surface area contributed by atoms with E-state index < -0.39 is 0 Å². The Bertz CT molecular complexity index is 794. The first-order chi connectivity index (χ1) is 12.5. The van der Waals surface area contributed by atoms with E-state index in [1.165, 1.54) is 19.8 Å². The van der Waals surface area contributed by atoms with Crippen LogP contribution in [0.3, 0.4) is 0 Å². The van der Waals surface area contributed by atoms with Gasteiger partial charge in [0.25, 0.3) is 0 Å². The third-order valence-corrected chi connectivity index (χ3v) is 4.30. The van der Waals surface area contributed by atoms with E-state index in [1.807, 2.05) is 12.1 Å². The molecular formula is C21H23NO4. The number of amides is 1. The van der Waals surface area contributed by atoms with Crippen molar-refractivity contribution in [1.82, 2.24) is 0 Å². The maximum Gasteiger partial charge on any atom is 0.221 e. The van der Waals surface area contributed by atoms with Crippen LogP contribution in [-0.2, 0) is 11.2 Å². The Hall–Kier alpha value is -2.82. The fourth-order valence-electron chi connectivity index (χ4n) is 2.65. The highest BCUT2D eigenvalue weighted by Gasteiger charge is 2.23. The van der Waals surface area contributed by atoms with Gasteiger partial charge in [-0.05, 0) is 54.7 Å². The number of benzene rings is 2. The molecule has 0 aliphatic heterocycles. The van der Waals surface area contributed by atoms with Gasteiger partial charge in [0.2, 0.25) is 5.91 Å². The molecule has 1 N–H and O–H groups in total. The number of Topliss-reactive ketones (excluding diaryl/α,β-unsaturated/α-hetero) is 1. The van der Waals surface area contributed by atoms with Crippen LogP contribution in [0.15, 0.2) is 42.5 Å². The number of carbonyl (C=O) groups excluding carboxylic acids is 2. The number of rotatable bonds is 8. The molecular weight excluding hydrogens is 330 g/mol. The van der Waals surface area contributed by atoms with Crippen molar-refractivity contribution >= 4 is 17.4 Å². The second-order valence-electron chi connectivity index (χ2n) is 6.60. The van der Waals surface area contributed by atoms with Crippen molar-refractivity contribution in [3.05, 3.63) is 53.6 Å². The second kappa shape index (κ2) is 8.04. The molecule has 1 aliphatic rings. The first-order valence-corrected chi connectivity index (χ1v) is 8.75. The highest BCUT2D eigenvalue weighted by atomic mass is 16.5. The summed E-state index contributed by atoms with van der Waals surface area (Å²) < 4.78 is 11.2. The van der Waals surface area contributed by atoms with Gasteiger partial charge in [0.05, 0.1) is 13.7 Å². The van der Waals surface area contributed by atoms with Gasteiger partial charge in [0, 0.05) is 24.6 Å². The van der Waals surface area contributed by atoms with Crippen molar-refractivity contribution in [2.75, 3.05) is 19.0 Å². The van der Waals surface area contributed by atoms with Crippen LogP contribution in [0.1, 0.15) is 35.7 Å². The van der Waals surface area contributed by atoms with Crippen molar-refractivity contribution in [3.63, 3.8) is 0 Å². The van der Waals surface area contributed by atoms with Crippen LogP contribution in [0.4, 0.5) is 5.69 Å². The zero-order valence-electron chi connectivity index (χ0n) is 15.1. The highest BCUT2D eigenvalue weighted by molar-refractivity contribution is 5.98. The second-order valence-corrected chi connectivity index (χ2v) is 6.60. The normalized spacial score (nSPS) is 13.2. The molecule has 0 bridgehead atoms. The molecule has 0 aromatic heterocycles. The summed E-state index contributed by atoms with van der Waals surface area (Å²) >= 11 is 0. The minimum Gasteiger partial charge on any atom is -0.493 e. The quantitative estimate of drug-likeness (QED) is 0.732. The lowest BCUT2D eigenvalue weighted by Gasteiger charge is -2.12. The first kappa shape index (κ1) is 18.0. The highest BCUT2D eigenvalue weighted by Crippen LogP contribution is 2.33. The lowest BCUT2D eigenvalue weighted by Crippen LogP contribution is -2.07.